The molecule has 0 aliphatic rings. The highest BCUT2D eigenvalue weighted by molar-refractivity contribution is 5.97. The topological polar surface area (TPSA) is 44.8 Å². The average molecular weight is 252 g/mol. The molecule has 18 heavy (non-hydrogen) atoms. The molecule has 0 fully saturated rings. The zero-order chi connectivity index (χ0) is 13.4. The van der Waals surface area contributed by atoms with Crippen LogP contribution in [0.1, 0.15) is 31.1 Å². The number of benzene rings is 1. The first kappa shape index (κ1) is 14.5. The van der Waals surface area contributed by atoms with Crippen molar-refractivity contribution in [2.45, 2.75) is 20.8 Å². The molecule has 0 aliphatic carbocycles. The lowest BCUT2D eigenvalue weighted by atomic mass is 10.1. The molecule has 0 aromatic heterocycles. The van der Waals surface area contributed by atoms with E-state index in [-0.39, 0.29) is 12.4 Å². The van der Waals surface area contributed by atoms with Gasteiger partial charge in [-0.05, 0) is 32.9 Å². The number of carbonyl (C=O) groups excluding carboxylic acids is 1. The molecule has 0 saturated carbocycles. The van der Waals surface area contributed by atoms with Gasteiger partial charge < -0.3 is 14.2 Å². The molecule has 1 aromatic rings. The highest BCUT2D eigenvalue weighted by atomic mass is 16.5. The summed E-state index contributed by atoms with van der Waals surface area (Å²) in [5.41, 5.74) is 0.554. The van der Waals surface area contributed by atoms with Gasteiger partial charge in [-0.2, -0.15) is 0 Å². The number of carbonyl (C=O) groups is 1. The Hall–Kier alpha value is -1.55. The zero-order valence-corrected chi connectivity index (χ0v) is 11.2. The second kappa shape index (κ2) is 7.71. The molecule has 4 heteroatoms. The molecule has 0 N–H and O–H groups in total. The van der Waals surface area contributed by atoms with Crippen LogP contribution in [0.3, 0.4) is 0 Å². The van der Waals surface area contributed by atoms with E-state index < -0.39 is 0 Å². The van der Waals surface area contributed by atoms with E-state index in [1.54, 1.807) is 18.2 Å². The summed E-state index contributed by atoms with van der Waals surface area (Å²) in [6, 6.07) is 5.21. The molecule has 0 spiro atoms. The third kappa shape index (κ3) is 4.37. The molecular weight excluding hydrogens is 232 g/mol. The Labute approximate surface area is 108 Å². The van der Waals surface area contributed by atoms with Crippen LogP contribution >= 0.6 is 0 Å². The largest absolute Gasteiger partial charge is 0.494 e. The van der Waals surface area contributed by atoms with Crippen LogP contribution in [-0.2, 0) is 4.74 Å². The molecule has 0 atom stereocenters. The van der Waals surface area contributed by atoms with Crippen molar-refractivity contribution < 1.29 is 19.0 Å². The Morgan fingerprint density at radius 3 is 1.94 bits per heavy atom. The molecular formula is C14H20O4. The fourth-order valence-electron chi connectivity index (χ4n) is 1.51. The van der Waals surface area contributed by atoms with Gasteiger partial charge in [0.2, 0.25) is 0 Å². The van der Waals surface area contributed by atoms with Crippen LogP contribution in [0.5, 0.6) is 11.5 Å². The van der Waals surface area contributed by atoms with E-state index in [9.17, 15) is 4.79 Å². The number of Topliss-reactive ketones (excluding diaryl/α,β-unsaturated/α-hetero) is 1. The molecule has 4 nitrogen and oxygen atoms in total. The van der Waals surface area contributed by atoms with E-state index in [4.69, 9.17) is 14.2 Å². The second-order valence-corrected chi connectivity index (χ2v) is 3.62. The quantitative estimate of drug-likeness (QED) is 0.667. The molecule has 0 unspecified atom stereocenters. The highest BCUT2D eigenvalue weighted by Gasteiger charge is 2.10. The molecule has 1 aromatic carbocycles. The summed E-state index contributed by atoms with van der Waals surface area (Å²) >= 11 is 0. The molecule has 0 saturated heterocycles. The number of hydrogen-bond donors (Lipinski definition) is 0. The standard InChI is InChI=1S/C14H20O4/c1-4-16-10-14(15)11-7-12(17-5-2)9-13(8-11)18-6-3/h7-9H,4-6,10H2,1-3H3. The maximum Gasteiger partial charge on any atom is 0.188 e. The van der Waals surface area contributed by atoms with Crippen molar-refractivity contribution in [2.24, 2.45) is 0 Å². The van der Waals surface area contributed by atoms with Crippen LogP contribution in [0.2, 0.25) is 0 Å². The zero-order valence-electron chi connectivity index (χ0n) is 11.2. The molecule has 0 radical (unpaired) electrons. The normalized spacial score (nSPS) is 10.2. The maximum atomic E-state index is 11.9. The van der Waals surface area contributed by atoms with Crippen molar-refractivity contribution in [3.8, 4) is 11.5 Å². The summed E-state index contributed by atoms with van der Waals surface area (Å²) in [6.45, 7) is 7.36. The van der Waals surface area contributed by atoms with Gasteiger partial charge in [0, 0.05) is 18.2 Å². The summed E-state index contributed by atoms with van der Waals surface area (Å²) < 4.78 is 15.9. The first-order valence-electron chi connectivity index (χ1n) is 6.22. The predicted molar refractivity (Wildman–Crippen MR) is 69.6 cm³/mol. The molecule has 0 heterocycles. The summed E-state index contributed by atoms with van der Waals surface area (Å²) in [6.07, 6.45) is 0. The Kier molecular flexibility index (Phi) is 6.22. The molecule has 0 bridgehead atoms. The van der Waals surface area contributed by atoms with Crippen LogP contribution in [0.4, 0.5) is 0 Å². The van der Waals surface area contributed by atoms with E-state index in [1.807, 2.05) is 20.8 Å². The van der Waals surface area contributed by atoms with Gasteiger partial charge in [-0.1, -0.05) is 0 Å². The minimum Gasteiger partial charge on any atom is -0.494 e. The van der Waals surface area contributed by atoms with Gasteiger partial charge in [0.1, 0.15) is 18.1 Å². The van der Waals surface area contributed by atoms with Gasteiger partial charge in [-0.3, -0.25) is 4.79 Å². The summed E-state index contributed by atoms with van der Waals surface area (Å²) in [4.78, 5) is 11.9. The summed E-state index contributed by atoms with van der Waals surface area (Å²) in [5, 5.41) is 0. The molecule has 100 valence electrons. The van der Waals surface area contributed by atoms with Crippen molar-refractivity contribution in [3.63, 3.8) is 0 Å². The lowest BCUT2D eigenvalue weighted by Gasteiger charge is -2.10. The SMILES string of the molecule is CCOCC(=O)c1cc(OCC)cc(OCC)c1. The van der Waals surface area contributed by atoms with Gasteiger partial charge in [0.25, 0.3) is 0 Å². The maximum absolute atomic E-state index is 11.9. The fourth-order valence-corrected chi connectivity index (χ4v) is 1.51. The third-order valence-electron chi connectivity index (χ3n) is 2.26. The van der Waals surface area contributed by atoms with Crippen molar-refractivity contribution in [2.75, 3.05) is 26.4 Å². The van der Waals surface area contributed by atoms with Crippen molar-refractivity contribution in [3.05, 3.63) is 23.8 Å². The van der Waals surface area contributed by atoms with Gasteiger partial charge in [0.15, 0.2) is 5.78 Å². The van der Waals surface area contributed by atoms with Gasteiger partial charge in [-0.25, -0.2) is 0 Å². The lowest BCUT2D eigenvalue weighted by molar-refractivity contribution is 0.0782. The van der Waals surface area contributed by atoms with Crippen molar-refractivity contribution >= 4 is 5.78 Å². The number of ketones is 1. The van der Waals surface area contributed by atoms with Crippen molar-refractivity contribution in [1.29, 1.82) is 0 Å². The molecule has 1 rings (SSSR count). The van der Waals surface area contributed by atoms with E-state index >= 15 is 0 Å². The van der Waals surface area contributed by atoms with Crippen LogP contribution in [0, 0.1) is 0 Å². The predicted octanol–water partition coefficient (Wildman–Crippen LogP) is 2.70. The Balaban J connectivity index is 2.90. The van der Waals surface area contributed by atoms with E-state index in [2.05, 4.69) is 0 Å². The number of hydrogen-bond acceptors (Lipinski definition) is 4. The first-order valence-corrected chi connectivity index (χ1v) is 6.22. The Morgan fingerprint density at radius 1 is 0.944 bits per heavy atom. The number of ether oxygens (including phenoxy) is 3. The Bertz CT molecular complexity index is 363. The van der Waals surface area contributed by atoms with E-state index in [0.717, 1.165) is 0 Å². The second-order valence-electron chi connectivity index (χ2n) is 3.62. The highest BCUT2D eigenvalue weighted by Crippen LogP contribution is 2.23. The average Bonchev–Trinajstić information content (AvgIpc) is 2.36. The van der Waals surface area contributed by atoms with Crippen molar-refractivity contribution in [1.82, 2.24) is 0 Å². The minimum atomic E-state index is -0.0700. The van der Waals surface area contributed by atoms with Gasteiger partial charge in [0.05, 0.1) is 13.2 Å². The van der Waals surface area contributed by atoms with Crippen LogP contribution < -0.4 is 9.47 Å². The molecule has 0 amide bonds. The summed E-state index contributed by atoms with van der Waals surface area (Å²) in [7, 11) is 0. The molecule has 0 aliphatic heterocycles. The smallest absolute Gasteiger partial charge is 0.188 e. The summed E-state index contributed by atoms with van der Waals surface area (Å²) in [5.74, 6) is 1.21. The van der Waals surface area contributed by atoms with E-state index in [1.165, 1.54) is 0 Å². The van der Waals surface area contributed by atoms with Crippen LogP contribution in [0.15, 0.2) is 18.2 Å². The van der Waals surface area contributed by atoms with Crippen LogP contribution in [-0.4, -0.2) is 32.2 Å². The minimum absolute atomic E-state index is 0.0700. The third-order valence-corrected chi connectivity index (χ3v) is 2.26. The van der Waals surface area contributed by atoms with Crippen LogP contribution in [0.25, 0.3) is 0 Å². The number of rotatable bonds is 8. The first-order chi connectivity index (χ1) is 8.71. The lowest BCUT2D eigenvalue weighted by Crippen LogP contribution is -2.09. The fraction of sp³-hybridized carbons (Fsp3) is 0.500. The van der Waals surface area contributed by atoms with Gasteiger partial charge >= 0.3 is 0 Å². The van der Waals surface area contributed by atoms with E-state index in [0.29, 0.717) is 36.9 Å². The Morgan fingerprint density at radius 2 is 1.50 bits per heavy atom. The van der Waals surface area contributed by atoms with Gasteiger partial charge in [-0.15, -0.1) is 0 Å². The monoisotopic (exact) mass is 252 g/mol.